The van der Waals surface area contributed by atoms with Gasteiger partial charge in [0.25, 0.3) is 0 Å². The second-order valence-corrected chi connectivity index (χ2v) is 6.57. The zero-order chi connectivity index (χ0) is 13.7. The van der Waals surface area contributed by atoms with E-state index >= 15 is 0 Å². The van der Waals surface area contributed by atoms with Gasteiger partial charge in [-0.1, -0.05) is 32.1 Å². The molecule has 1 heterocycles. The predicted molar refractivity (Wildman–Crippen MR) is 82.5 cm³/mol. The SMILES string of the molecule is CCC(CSC)N(C)c1nc(C(C)C)c(C=O)s1. The van der Waals surface area contributed by atoms with Crippen molar-refractivity contribution in [2.45, 2.75) is 39.2 Å². The summed E-state index contributed by atoms with van der Waals surface area (Å²) in [6.45, 7) is 6.34. The van der Waals surface area contributed by atoms with Crippen LogP contribution in [0.2, 0.25) is 0 Å². The second kappa shape index (κ2) is 7.14. The Balaban J connectivity index is 2.98. The van der Waals surface area contributed by atoms with Gasteiger partial charge in [-0.25, -0.2) is 4.98 Å². The van der Waals surface area contributed by atoms with Crippen LogP contribution in [0.4, 0.5) is 5.13 Å². The number of aromatic nitrogens is 1. The molecule has 0 saturated heterocycles. The number of anilines is 1. The van der Waals surface area contributed by atoms with Crippen molar-refractivity contribution < 1.29 is 4.79 Å². The van der Waals surface area contributed by atoms with Crippen molar-refractivity contribution in [2.24, 2.45) is 0 Å². The number of rotatable bonds is 7. The van der Waals surface area contributed by atoms with Crippen molar-refractivity contribution in [1.82, 2.24) is 4.98 Å². The summed E-state index contributed by atoms with van der Waals surface area (Å²) in [4.78, 5) is 18.7. The normalized spacial score (nSPS) is 12.8. The quantitative estimate of drug-likeness (QED) is 0.716. The van der Waals surface area contributed by atoms with E-state index in [1.165, 1.54) is 11.3 Å². The minimum atomic E-state index is 0.296. The van der Waals surface area contributed by atoms with Gasteiger partial charge in [0.05, 0.1) is 10.6 Å². The summed E-state index contributed by atoms with van der Waals surface area (Å²) in [6, 6.07) is 0.477. The number of nitrogens with zero attached hydrogens (tertiary/aromatic N) is 2. The zero-order valence-electron chi connectivity index (χ0n) is 11.8. The fraction of sp³-hybridized carbons (Fsp3) is 0.692. The third-order valence-corrected chi connectivity index (χ3v) is 4.81. The molecule has 0 spiro atoms. The molecule has 1 atom stereocenters. The fourth-order valence-corrected chi connectivity index (χ4v) is 3.74. The monoisotopic (exact) mass is 286 g/mol. The van der Waals surface area contributed by atoms with Crippen LogP contribution in [-0.4, -0.2) is 36.4 Å². The number of hydrogen-bond donors (Lipinski definition) is 0. The molecule has 0 radical (unpaired) electrons. The average molecular weight is 286 g/mol. The minimum Gasteiger partial charge on any atom is -0.347 e. The van der Waals surface area contributed by atoms with Gasteiger partial charge in [0.1, 0.15) is 0 Å². The van der Waals surface area contributed by atoms with Crippen LogP contribution in [0, 0.1) is 0 Å². The number of hydrogen-bond acceptors (Lipinski definition) is 5. The summed E-state index contributed by atoms with van der Waals surface area (Å²) in [6.07, 6.45) is 4.14. The van der Waals surface area contributed by atoms with E-state index in [0.717, 1.165) is 34.2 Å². The molecular weight excluding hydrogens is 264 g/mol. The van der Waals surface area contributed by atoms with Gasteiger partial charge in [-0.2, -0.15) is 11.8 Å². The van der Waals surface area contributed by atoms with Crippen molar-refractivity contribution in [3.8, 4) is 0 Å². The Hall–Kier alpha value is -0.550. The molecular formula is C13H22N2OS2. The molecule has 0 saturated carbocycles. The number of carbonyl (C=O) groups excluding carboxylic acids is 1. The first-order chi connectivity index (χ1) is 8.54. The van der Waals surface area contributed by atoms with Gasteiger partial charge in [-0.15, -0.1) is 0 Å². The Labute approximate surface area is 118 Å². The zero-order valence-corrected chi connectivity index (χ0v) is 13.4. The molecule has 0 amide bonds. The molecule has 0 aliphatic heterocycles. The molecule has 0 aliphatic carbocycles. The maximum atomic E-state index is 11.1. The molecule has 1 unspecified atom stereocenters. The van der Waals surface area contributed by atoms with Gasteiger partial charge >= 0.3 is 0 Å². The molecule has 0 aliphatic rings. The number of thioether (sulfide) groups is 1. The van der Waals surface area contributed by atoms with Crippen LogP contribution in [-0.2, 0) is 0 Å². The van der Waals surface area contributed by atoms with Crippen LogP contribution in [0.5, 0.6) is 0 Å². The van der Waals surface area contributed by atoms with E-state index < -0.39 is 0 Å². The lowest BCUT2D eigenvalue weighted by Crippen LogP contribution is -2.33. The van der Waals surface area contributed by atoms with Gasteiger partial charge in [0.15, 0.2) is 11.4 Å². The number of aldehydes is 1. The maximum absolute atomic E-state index is 11.1. The largest absolute Gasteiger partial charge is 0.347 e. The lowest BCUT2D eigenvalue weighted by molar-refractivity contribution is 0.112. The average Bonchev–Trinajstić information content (AvgIpc) is 2.79. The molecule has 3 nitrogen and oxygen atoms in total. The number of carbonyl (C=O) groups is 1. The third-order valence-electron chi connectivity index (χ3n) is 3.00. The molecule has 5 heteroatoms. The van der Waals surface area contributed by atoms with Crippen LogP contribution in [0.25, 0.3) is 0 Å². The highest BCUT2D eigenvalue weighted by molar-refractivity contribution is 7.98. The van der Waals surface area contributed by atoms with Crippen LogP contribution < -0.4 is 4.90 Å². The Morgan fingerprint density at radius 1 is 1.50 bits per heavy atom. The van der Waals surface area contributed by atoms with E-state index in [0.29, 0.717) is 12.0 Å². The Morgan fingerprint density at radius 3 is 2.56 bits per heavy atom. The topological polar surface area (TPSA) is 33.2 Å². The van der Waals surface area contributed by atoms with E-state index in [2.05, 4.69) is 44.0 Å². The first kappa shape index (κ1) is 15.5. The lowest BCUT2D eigenvalue weighted by Gasteiger charge is -2.26. The van der Waals surface area contributed by atoms with Crippen molar-refractivity contribution in [1.29, 1.82) is 0 Å². The predicted octanol–water partition coefficient (Wildman–Crippen LogP) is 3.66. The highest BCUT2D eigenvalue weighted by Gasteiger charge is 2.20. The summed E-state index contributed by atoms with van der Waals surface area (Å²) < 4.78 is 0. The maximum Gasteiger partial charge on any atom is 0.186 e. The highest BCUT2D eigenvalue weighted by Crippen LogP contribution is 2.30. The van der Waals surface area contributed by atoms with E-state index in [1.807, 2.05) is 11.8 Å². The number of thiazole rings is 1. The third kappa shape index (κ3) is 3.48. The minimum absolute atomic E-state index is 0.296. The van der Waals surface area contributed by atoms with Crippen LogP contribution in [0.15, 0.2) is 0 Å². The van der Waals surface area contributed by atoms with Crippen molar-refractivity contribution in [2.75, 3.05) is 24.0 Å². The molecule has 1 rings (SSSR count). The van der Waals surface area contributed by atoms with Crippen molar-refractivity contribution in [3.63, 3.8) is 0 Å². The molecule has 0 bridgehead atoms. The smallest absolute Gasteiger partial charge is 0.186 e. The van der Waals surface area contributed by atoms with E-state index in [4.69, 9.17) is 0 Å². The highest BCUT2D eigenvalue weighted by atomic mass is 32.2. The molecule has 1 aromatic rings. The Kier molecular flexibility index (Phi) is 6.15. The molecule has 1 aromatic heterocycles. The summed E-state index contributed by atoms with van der Waals surface area (Å²) in [5.74, 6) is 1.38. The standard InChI is InChI=1S/C13H22N2OS2/c1-6-10(8-17-5)15(4)13-14-12(9(2)3)11(7-16)18-13/h7,9-10H,6,8H2,1-5H3. The van der Waals surface area contributed by atoms with Crippen molar-refractivity contribution in [3.05, 3.63) is 10.6 Å². The van der Waals surface area contributed by atoms with Gasteiger partial charge in [0, 0.05) is 18.8 Å². The van der Waals surface area contributed by atoms with Crippen LogP contribution in [0.3, 0.4) is 0 Å². The van der Waals surface area contributed by atoms with Gasteiger partial charge in [0.2, 0.25) is 0 Å². The lowest BCUT2D eigenvalue weighted by atomic mass is 10.1. The first-order valence-corrected chi connectivity index (χ1v) is 8.43. The van der Waals surface area contributed by atoms with Crippen LogP contribution >= 0.6 is 23.1 Å². The molecule has 18 heavy (non-hydrogen) atoms. The van der Waals surface area contributed by atoms with E-state index in [9.17, 15) is 4.79 Å². The summed E-state index contributed by atoms with van der Waals surface area (Å²) in [5.41, 5.74) is 0.927. The van der Waals surface area contributed by atoms with Gasteiger partial charge in [-0.05, 0) is 18.6 Å². The summed E-state index contributed by atoms with van der Waals surface area (Å²) >= 11 is 3.35. The van der Waals surface area contributed by atoms with Crippen LogP contribution in [0.1, 0.15) is 48.5 Å². The Morgan fingerprint density at radius 2 is 2.17 bits per heavy atom. The van der Waals surface area contributed by atoms with Crippen molar-refractivity contribution >= 4 is 34.5 Å². The summed E-state index contributed by atoms with van der Waals surface area (Å²) in [5, 5.41) is 0.960. The van der Waals surface area contributed by atoms with Gasteiger partial charge < -0.3 is 4.90 Å². The fourth-order valence-electron chi connectivity index (χ4n) is 1.83. The molecule has 0 aromatic carbocycles. The Bertz CT molecular complexity index is 390. The van der Waals surface area contributed by atoms with E-state index in [-0.39, 0.29) is 0 Å². The molecule has 102 valence electrons. The molecule has 0 N–H and O–H groups in total. The molecule has 0 fully saturated rings. The van der Waals surface area contributed by atoms with E-state index in [1.54, 1.807) is 0 Å². The van der Waals surface area contributed by atoms with Gasteiger partial charge in [-0.3, -0.25) is 4.79 Å². The first-order valence-electron chi connectivity index (χ1n) is 6.22. The summed E-state index contributed by atoms with van der Waals surface area (Å²) in [7, 11) is 2.07. The second-order valence-electron chi connectivity index (χ2n) is 4.65.